The summed E-state index contributed by atoms with van der Waals surface area (Å²) in [6.45, 7) is 4.48. The van der Waals surface area contributed by atoms with E-state index >= 15 is 0 Å². The first-order valence-electron chi connectivity index (χ1n) is 4.46. The average Bonchev–Trinajstić information content (AvgIpc) is 2.11. The number of thiocarbonyl (C=S) groups is 1. The van der Waals surface area contributed by atoms with Gasteiger partial charge in [-0.25, -0.2) is 0 Å². The number of aromatic nitrogens is 1. The van der Waals surface area contributed by atoms with Crippen LogP contribution in [0.2, 0.25) is 0 Å². The maximum atomic E-state index is 11.1. The SMILES string of the molecule is Cc1cn(CC(C)C(N)=S)ccc1=O. The molecule has 0 saturated carbocycles. The molecule has 3 nitrogen and oxygen atoms in total. The molecule has 0 aromatic carbocycles. The summed E-state index contributed by atoms with van der Waals surface area (Å²) in [5, 5.41) is 0. The van der Waals surface area contributed by atoms with Gasteiger partial charge in [-0.15, -0.1) is 0 Å². The van der Waals surface area contributed by atoms with E-state index in [1.165, 1.54) is 0 Å². The molecule has 1 atom stereocenters. The van der Waals surface area contributed by atoms with Crippen LogP contribution < -0.4 is 11.2 Å². The summed E-state index contributed by atoms with van der Waals surface area (Å²) in [5.74, 6) is 0.145. The molecule has 0 aliphatic rings. The monoisotopic (exact) mass is 210 g/mol. The van der Waals surface area contributed by atoms with Crippen molar-refractivity contribution in [2.45, 2.75) is 20.4 Å². The molecule has 0 aliphatic heterocycles. The highest BCUT2D eigenvalue weighted by atomic mass is 32.1. The van der Waals surface area contributed by atoms with Crippen molar-refractivity contribution in [2.75, 3.05) is 0 Å². The second kappa shape index (κ2) is 4.37. The lowest BCUT2D eigenvalue weighted by molar-refractivity contribution is 0.593. The standard InChI is InChI=1S/C10H14N2OS/c1-7-5-12(4-3-9(7)13)6-8(2)10(11)14/h3-5,8H,6H2,1-2H3,(H2,11,14). The Morgan fingerprint density at radius 3 is 2.86 bits per heavy atom. The number of hydrogen-bond donors (Lipinski definition) is 1. The normalized spacial score (nSPS) is 12.4. The smallest absolute Gasteiger partial charge is 0.184 e. The van der Waals surface area contributed by atoms with Crippen LogP contribution in [0.3, 0.4) is 0 Å². The summed E-state index contributed by atoms with van der Waals surface area (Å²) in [6.07, 6.45) is 3.57. The Morgan fingerprint density at radius 1 is 1.71 bits per heavy atom. The van der Waals surface area contributed by atoms with Gasteiger partial charge in [-0.1, -0.05) is 19.1 Å². The summed E-state index contributed by atoms with van der Waals surface area (Å²) < 4.78 is 1.93. The van der Waals surface area contributed by atoms with Crippen LogP contribution in [-0.4, -0.2) is 9.56 Å². The zero-order chi connectivity index (χ0) is 10.7. The zero-order valence-corrected chi connectivity index (χ0v) is 9.17. The highest BCUT2D eigenvalue weighted by molar-refractivity contribution is 7.80. The topological polar surface area (TPSA) is 48.0 Å². The van der Waals surface area contributed by atoms with Gasteiger partial charge < -0.3 is 10.3 Å². The van der Waals surface area contributed by atoms with Crippen molar-refractivity contribution in [1.29, 1.82) is 0 Å². The van der Waals surface area contributed by atoms with Crippen molar-refractivity contribution in [1.82, 2.24) is 4.57 Å². The van der Waals surface area contributed by atoms with Gasteiger partial charge in [0.1, 0.15) is 0 Å². The van der Waals surface area contributed by atoms with Gasteiger partial charge in [-0.05, 0) is 6.92 Å². The molecule has 2 N–H and O–H groups in total. The molecule has 1 aromatic rings. The van der Waals surface area contributed by atoms with Crippen molar-refractivity contribution >= 4 is 17.2 Å². The molecular formula is C10H14N2OS. The Kier molecular flexibility index (Phi) is 3.41. The van der Waals surface area contributed by atoms with Crippen molar-refractivity contribution in [3.8, 4) is 0 Å². The van der Waals surface area contributed by atoms with Gasteiger partial charge in [0, 0.05) is 36.5 Å². The van der Waals surface area contributed by atoms with Crippen molar-refractivity contribution in [3.05, 3.63) is 34.2 Å². The largest absolute Gasteiger partial charge is 0.393 e. The van der Waals surface area contributed by atoms with Gasteiger partial charge in [0.15, 0.2) is 5.43 Å². The molecule has 1 heterocycles. The lowest BCUT2D eigenvalue weighted by atomic mass is 10.2. The Hall–Kier alpha value is -1.16. The van der Waals surface area contributed by atoms with Crippen LogP contribution in [-0.2, 0) is 6.54 Å². The molecule has 0 spiro atoms. The number of nitrogens with two attached hydrogens (primary N) is 1. The average molecular weight is 210 g/mol. The van der Waals surface area contributed by atoms with E-state index in [4.69, 9.17) is 18.0 Å². The van der Waals surface area contributed by atoms with E-state index in [1.807, 2.05) is 17.7 Å². The van der Waals surface area contributed by atoms with Gasteiger partial charge >= 0.3 is 0 Å². The van der Waals surface area contributed by atoms with E-state index in [1.54, 1.807) is 19.2 Å². The van der Waals surface area contributed by atoms with Crippen LogP contribution in [0.5, 0.6) is 0 Å². The minimum atomic E-state index is 0.0595. The second-order valence-electron chi connectivity index (χ2n) is 3.49. The lowest BCUT2D eigenvalue weighted by Gasteiger charge is -2.12. The zero-order valence-electron chi connectivity index (χ0n) is 8.36. The minimum absolute atomic E-state index is 0.0595. The van der Waals surface area contributed by atoms with Crippen molar-refractivity contribution < 1.29 is 0 Å². The predicted octanol–water partition coefficient (Wildman–Crippen LogP) is 1.08. The summed E-state index contributed by atoms with van der Waals surface area (Å²) in [7, 11) is 0. The van der Waals surface area contributed by atoms with Crippen LogP contribution in [0, 0.1) is 12.8 Å². The number of nitrogens with zero attached hydrogens (tertiary/aromatic N) is 1. The molecule has 4 heteroatoms. The molecular weight excluding hydrogens is 196 g/mol. The van der Waals surface area contributed by atoms with Gasteiger partial charge in [-0.3, -0.25) is 4.79 Å². The summed E-state index contributed by atoms with van der Waals surface area (Å²) in [6, 6.07) is 1.56. The van der Waals surface area contributed by atoms with Crippen LogP contribution in [0.4, 0.5) is 0 Å². The van der Waals surface area contributed by atoms with E-state index in [2.05, 4.69) is 0 Å². The number of hydrogen-bond acceptors (Lipinski definition) is 2. The molecule has 1 aromatic heterocycles. The quantitative estimate of drug-likeness (QED) is 0.759. The molecule has 0 fully saturated rings. The summed E-state index contributed by atoms with van der Waals surface area (Å²) in [4.78, 5) is 11.6. The maximum Gasteiger partial charge on any atom is 0.184 e. The van der Waals surface area contributed by atoms with Crippen LogP contribution in [0.15, 0.2) is 23.3 Å². The summed E-state index contributed by atoms with van der Waals surface area (Å²) >= 11 is 4.88. The Balaban J connectivity index is 2.83. The molecule has 0 bridgehead atoms. The van der Waals surface area contributed by atoms with E-state index in [-0.39, 0.29) is 11.3 Å². The number of pyridine rings is 1. The molecule has 14 heavy (non-hydrogen) atoms. The lowest BCUT2D eigenvalue weighted by Crippen LogP contribution is -2.23. The first kappa shape index (κ1) is 10.9. The molecule has 1 rings (SSSR count). The first-order chi connectivity index (χ1) is 6.50. The third-order valence-electron chi connectivity index (χ3n) is 2.14. The van der Waals surface area contributed by atoms with E-state index in [0.717, 1.165) is 12.1 Å². The highest BCUT2D eigenvalue weighted by Crippen LogP contribution is 2.01. The Labute approximate surface area is 88.5 Å². The van der Waals surface area contributed by atoms with Gasteiger partial charge in [0.2, 0.25) is 0 Å². The fourth-order valence-electron chi connectivity index (χ4n) is 1.17. The van der Waals surface area contributed by atoms with E-state index < -0.39 is 0 Å². The van der Waals surface area contributed by atoms with E-state index in [9.17, 15) is 4.79 Å². The molecule has 76 valence electrons. The Morgan fingerprint density at radius 2 is 2.36 bits per heavy atom. The molecule has 0 radical (unpaired) electrons. The van der Waals surface area contributed by atoms with Gasteiger partial charge in [-0.2, -0.15) is 0 Å². The van der Waals surface area contributed by atoms with Crippen LogP contribution in [0.1, 0.15) is 12.5 Å². The highest BCUT2D eigenvalue weighted by Gasteiger charge is 2.05. The third-order valence-corrected chi connectivity index (χ3v) is 2.54. The van der Waals surface area contributed by atoms with Crippen molar-refractivity contribution in [2.24, 2.45) is 11.7 Å². The number of rotatable bonds is 3. The van der Waals surface area contributed by atoms with Gasteiger partial charge in [0.25, 0.3) is 0 Å². The fraction of sp³-hybridized carbons (Fsp3) is 0.400. The third kappa shape index (κ3) is 2.67. The van der Waals surface area contributed by atoms with Crippen LogP contribution >= 0.6 is 12.2 Å². The number of aryl methyl sites for hydroxylation is 1. The predicted molar refractivity (Wildman–Crippen MR) is 61.4 cm³/mol. The Bertz CT molecular complexity index is 397. The van der Waals surface area contributed by atoms with Gasteiger partial charge in [0.05, 0.1) is 4.99 Å². The molecule has 0 saturated heterocycles. The fourth-order valence-corrected chi connectivity index (χ4v) is 1.24. The summed E-state index contributed by atoms with van der Waals surface area (Å²) in [5.41, 5.74) is 6.31. The molecule has 1 unspecified atom stereocenters. The van der Waals surface area contributed by atoms with E-state index in [0.29, 0.717) is 4.99 Å². The maximum absolute atomic E-state index is 11.1. The first-order valence-corrected chi connectivity index (χ1v) is 4.87. The van der Waals surface area contributed by atoms with Crippen LogP contribution in [0.25, 0.3) is 0 Å². The second-order valence-corrected chi connectivity index (χ2v) is 3.96. The molecule has 0 aliphatic carbocycles. The minimum Gasteiger partial charge on any atom is -0.393 e. The molecule has 0 amide bonds. The van der Waals surface area contributed by atoms with Crippen molar-refractivity contribution in [3.63, 3.8) is 0 Å².